The Kier molecular flexibility index (Phi) is 8.34. The number of ether oxygens (including phenoxy) is 2. The highest BCUT2D eigenvalue weighted by Gasteiger charge is 2.24. The lowest BCUT2D eigenvalue weighted by molar-refractivity contribution is -0.124. The fourth-order valence-corrected chi connectivity index (χ4v) is 2.60. The predicted octanol–water partition coefficient (Wildman–Crippen LogP) is 3.03. The van der Waals surface area contributed by atoms with E-state index in [1.54, 1.807) is 24.3 Å². The molecule has 0 saturated heterocycles. The summed E-state index contributed by atoms with van der Waals surface area (Å²) in [5.74, 6) is 0.877. The van der Waals surface area contributed by atoms with Crippen molar-refractivity contribution >= 4 is 11.8 Å². The molecule has 2 aromatic rings. The SMILES string of the molecule is CCOc1ccc(C(=O)NC(C(=O)NCCOc2ccccc2)C(C)C)cc1. The van der Waals surface area contributed by atoms with Crippen LogP contribution in [0.1, 0.15) is 31.1 Å². The third kappa shape index (κ3) is 6.61. The first-order chi connectivity index (χ1) is 13.5. The van der Waals surface area contributed by atoms with Gasteiger partial charge in [-0.2, -0.15) is 0 Å². The Labute approximate surface area is 166 Å². The van der Waals surface area contributed by atoms with E-state index in [2.05, 4.69) is 10.6 Å². The molecule has 0 aliphatic rings. The number of para-hydroxylation sites is 1. The summed E-state index contributed by atoms with van der Waals surface area (Å²) in [4.78, 5) is 25.0. The topological polar surface area (TPSA) is 76.7 Å². The highest BCUT2D eigenvalue weighted by Crippen LogP contribution is 2.13. The smallest absolute Gasteiger partial charge is 0.251 e. The molecule has 6 heteroatoms. The average molecular weight is 384 g/mol. The summed E-state index contributed by atoms with van der Waals surface area (Å²) in [6.07, 6.45) is 0. The molecule has 0 bridgehead atoms. The van der Waals surface area contributed by atoms with E-state index in [9.17, 15) is 9.59 Å². The molecule has 2 N–H and O–H groups in total. The zero-order chi connectivity index (χ0) is 20.4. The normalized spacial score (nSPS) is 11.6. The molecule has 0 aliphatic heterocycles. The molecule has 0 aromatic heterocycles. The zero-order valence-electron chi connectivity index (χ0n) is 16.6. The third-order valence-corrected chi connectivity index (χ3v) is 4.08. The van der Waals surface area contributed by atoms with Gasteiger partial charge in [0.05, 0.1) is 13.2 Å². The van der Waals surface area contributed by atoms with Crippen molar-refractivity contribution in [2.24, 2.45) is 5.92 Å². The molecule has 0 heterocycles. The lowest BCUT2D eigenvalue weighted by Gasteiger charge is -2.22. The largest absolute Gasteiger partial charge is 0.494 e. The van der Waals surface area contributed by atoms with Crippen molar-refractivity contribution in [3.8, 4) is 11.5 Å². The van der Waals surface area contributed by atoms with Gasteiger partial charge in [-0.25, -0.2) is 0 Å². The highest BCUT2D eigenvalue weighted by molar-refractivity contribution is 5.97. The molecule has 2 aromatic carbocycles. The molecule has 1 atom stereocenters. The molecule has 2 rings (SSSR count). The van der Waals surface area contributed by atoms with Crippen LogP contribution in [-0.2, 0) is 4.79 Å². The minimum atomic E-state index is -0.629. The number of rotatable bonds is 10. The molecule has 0 radical (unpaired) electrons. The van der Waals surface area contributed by atoms with Crippen molar-refractivity contribution in [3.63, 3.8) is 0 Å². The van der Waals surface area contributed by atoms with E-state index in [0.717, 1.165) is 5.75 Å². The van der Waals surface area contributed by atoms with Crippen LogP contribution in [0.5, 0.6) is 11.5 Å². The van der Waals surface area contributed by atoms with Gasteiger partial charge in [-0.1, -0.05) is 32.0 Å². The second-order valence-electron chi connectivity index (χ2n) is 6.61. The molecular formula is C22H28N2O4. The van der Waals surface area contributed by atoms with Crippen LogP contribution >= 0.6 is 0 Å². The highest BCUT2D eigenvalue weighted by atomic mass is 16.5. The van der Waals surface area contributed by atoms with Crippen LogP contribution in [0.25, 0.3) is 0 Å². The maximum absolute atomic E-state index is 12.5. The van der Waals surface area contributed by atoms with Gasteiger partial charge in [0.25, 0.3) is 5.91 Å². The van der Waals surface area contributed by atoms with Crippen molar-refractivity contribution in [1.29, 1.82) is 0 Å². The van der Waals surface area contributed by atoms with Gasteiger partial charge in [0.1, 0.15) is 24.1 Å². The first kappa shape index (κ1) is 21.3. The van der Waals surface area contributed by atoms with E-state index < -0.39 is 6.04 Å². The standard InChI is InChI=1S/C22H28N2O4/c1-4-27-19-12-10-17(11-13-19)21(25)24-20(16(2)3)22(26)23-14-15-28-18-8-6-5-7-9-18/h5-13,16,20H,4,14-15H2,1-3H3,(H,23,26)(H,24,25). The number of nitrogens with one attached hydrogen (secondary N) is 2. The summed E-state index contributed by atoms with van der Waals surface area (Å²) in [5, 5.41) is 5.63. The van der Waals surface area contributed by atoms with Gasteiger partial charge < -0.3 is 20.1 Å². The third-order valence-electron chi connectivity index (χ3n) is 4.08. The molecule has 150 valence electrons. The monoisotopic (exact) mass is 384 g/mol. The fraction of sp³-hybridized carbons (Fsp3) is 0.364. The Morgan fingerprint density at radius 3 is 2.18 bits per heavy atom. The van der Waals surface area contributed by atoms with Crippen molar-refractivity contribution in [3.05, 3.63) is 60.2 Å². The van der Waals surface area contributed by atoms with E-state index in [-0.39, 0.29) is 17.7 Å². The molecule has 2 amide bonds. The predicted molar refractivity (Wildman–Crippen MR) is 109 cm³/mol. The van der Waals surface area contributed by atoms with E-state index in [1.807, 2.05) is 51.1 Å². The number of benzene rings is 2. The summed E-state index contributed by atoms with van der Waals surface area (Å²) in [5.41, 5.74) is 0.481. The Morgan fingerprint density at radius 2 is 1.57 bits per heavy atom. The Morgan fingerprint density at radius 1 is 0.929 bits per heavy atom. The summed E-state index contributed by atoms with van der Waals surface area (Å²) in [7, 11) is 0. The lowest BCUT2D eigenvalue weighted by Crippen LogP contribution is -2.50. The van der Waals surface area contributed by atoms with E-state index in [1.165, 1.54) is 0 Å². The lowest BCUT2D eigenvalue weighted by atomic mass is 10.0. The van der Waals surface area contributed by atoms with Crippen molar-refractivity contribution in [2.45, 2.75) is 26.8 Å². The van der Waals surface area contributed by atoms with E-state index >= 15 is 0 Å². The average Bonchev–Trinajstić information content (AvgIpc) is 2.70. The van der Waals surface area contributed by atoms with Crippen molar-refractivity contribution < 1.29 is 19.1 Å². The molecule has 0 aliphatic carbocycles. The summed E-state index contributed by atoms with van der Waals surface area (Å²) in [6, 6.07) is 15.6. The van der Waals surface area contributed by atoms with Gasteiger partial charge in [0.2, 0.25) is 5.91 Å². The van der Waals surface area contributed by atoms with Crippen molar-refractivity contribution in [1.82, 2.24) is 10.6 Å². The summed E-state index contributed by atoms with van der Waals surface area (Å²) < 4.78 is 10.9. The second kappa shape index (κ2) is 11.0. The zero-order valence-corrected chi connectivity index (χ0v) is 16.6. The van der Waals surface area contributed by atoms with Crippen LogP contribution in [0, 0.1) is 5.92 Å². The number of hydrogen-bond acceptors (Lipinski definition) is 4. The molecule has 0 fully saturated rings. The molecule has 0 spiro atoms. The first-order valence-electron chi connectivity index (χ1n) is 9.50. The number of amides is 2. The van der Waals surface area contributed by atoms with E-state index in [4.69, 9.17) is 9.47 Å². The molecule has 28 heavy (non-hydrogen) atoms. The molecule has 1 unspecified atom stereocenters. The minimum Gasteiger partial charge on any atom is -0.494 e. The fourth-order valence-electron chi connectivity index (χ4n) is 2.60. The second-order valence-corrected chi connectivity index (χ2v) is 6.61. The molecule has 6 nitrogen and oxygen atoms in total. The molecular weight excluding hydrogens is 356 g/mol. The van der Waals surface area contributed by atoms with Crippen LogP contribution in [0.4, 0.5) is 0 Å². The maximum atomic E-state index is 12.5. The quantitative estimate of drug-likeness (QED) is 0.618. The maximum Gasteiger partial charge on any atom is 0.251 e. The van der Waals surface area contributed by atoms with Gasteiger partial charge in [0, 0.05) is 5.56 Å². The Hall–Kier alpha value is -3.02. The van der Waals surface area contributed by atoms with Gasteiger partial charge in [-0.15, -0.1) is 0 Å². The first-order valence-corrected chi connectivity index (χ1v) is 9.50. The van der Waals surface area contributed by atoms with Crippen LogP contribution in [0.2, 0.25) is 0 Å². The minimum absolute atomic E-state index is 0.0540. The van der Waals surface area contributed by atoms with Gasteiger partial charge in [0.15, 0.2) is 0 Å². The molecule has 0 saturated carbocycles. The number of carbonyl (C=O) groups is 2. The number of hydrogen-bond donors (Lipinski definition) is 2. The van der Waals surface area contributed by atoms with Gasteiger partial charge in [-0.3, -0.25) is 9.59 Å². The Balaban J connectivity index is 1.85. The van der Waals surface area contributed by atoms with Gasteiger partial charge >= 0.3 is 0 Å². The Bertz CT molecular complexity index is 745. The number of carbonyl (C=O) groups excluding carboxylic acids is 2. The summed E-state index contributed by atoms with van der Waals surface area (Å²) in [6.45, 7) is 6.96. The van der Waals surface area contributed by atoms with E-state index in [0.29, 0.717) is 31.1 Å². The van der Waals surface area contributed by atoms with Gasteiger partial charge in [-0.05, 0) is 49.2 Å². The van der Waals surface area contributed by atoms with Crippen LogP contribution in [0.15, 0.2) is 54.6 Å². The van der Waals surface area contributed by atoms with Crippen LogP contribution < -0.4 is 20.1 Å². The van der Waals surface area contributed by atoms with Crippen molar-refractivity contribution in [2.75, 3.05) is 19.8 Å². The van der Waals surface area contributed by atoms with Crippen LogP contribution in [-0.4, -0.2) is 37.6 Å². The van der Waals surface area contributed by atoms with Crippen LogP contribution in [0.3, 0.4) is 0 Å². The summed E-state index contributed by atoms with van der Waals surface area (Å²) >= 11 is 0.